The van der Waals surface area contributed by atoms with Crippen LogP contribution in [0.4, 0.5) is 5.82 Å². The normalized spacial score (nSPS) is 16.5. The number of piperidine rings is 1. The SMILES string of the molecule is NCCc1c(Cl)ncnc1N1CCCCC1. The van der Waals surface area contributed by atoms with Crippen LogP contribution in [0, 0.1) is 0 Å². The van der Waals surface area contributed by atoms with Gasteiger partial charge >= 0.3 is 0 Å². The number of hydrogen-bond acceptors (Lipinski definition) is 4. The lowest BCUT2D eigenvalue weighted by atomic mass is 10.1. The van der Waals surface area contributed by atoms with Gasteiger partial charge in [-0.05, 0) is 32.2 Å². The van der Waals surface area contributed by atoms with Crippen LogP contribution in [0.2, 0.25) is 5.15 Å². The molecular weight excluding hydrogens is 224 g/mol. The van der Waals surface area contributed by atoms with Gasteiger partial charge in [0.05, 0.1) is 0 Å². The molecule has 1 fully saturated rings. The van der Waals surface area contributed by atoms with Crippen molar-refractivity contribution in [1.82, 2.24) is 9.97 Å². The van der Waals surface area contributed by atoms with E-state index in [2.05, 4.69) is 14.9 Å². The van der Waals surface area contributed by atoms with Crippen LogP contribution in [-0.4, -0.2) is 29.6 Å². The summed E-state index contributed by atoms with van der Waals surface area (Å²) in [6.45, 7) is 2.70. The molecule has 0 aliphatic carbocycles. The lowest BCUT2D eigenvalue weighted by Gasteiger charge is -2.29. The molecule has 1 aliphatic heterocycles. The van der Waals surface area contributed by atoms with Crippen LogP contribution in [-0.2, 0) is 6.42 Å². The molecule has 0 amide bonds. The van der Waals surface area contributed by atoms with Crippen LogP contribution in [0.15, 0.2) is 6.33 Å². The topological polar surface area (TPSA) is 55.0 Å². The largest absolute Gasteiger partial charge is 0.356 e. The summed E-state index contributed by atoms with van der Waals surface area (Å²) in [7, 11) is 0. The van der Waals surface area contributed by atoms with Gasteiger partial charge in [0.2, 0.25) is 0 Å². The van der Waals surface area contributed by atoms with Gasteiger partial charge in [0.15, 0.2) is 0 Å². The summed E-state index contributed by atoms with van der Waals surface area (Å²) in [6, 6.07) is 0. The van der Waals surface area contributed by atoms with E-state index < -0.39 is 0 Å². The van der Waals surface area contributed by atoms with Crippen LogP contribution in [0.3, 0.4) is 0 Å². The molecule has 0 spiro atoms. The first-order chi connectivity index (χ1) is 7.83. The molecule has 2 rings (SSSR count). The molecule has 4 nitrogen and oxygen atoms in total. The van der Waals surface area contributed by atoms with Gasteiger partial charge in [-0.15, -0.1) is 0 Å². The first-order valence-corrected chi connectivity index (χ1v) is 6.15. The van der Waals surface area contributed by atoms with E-state index >= 15 is 0 Å². The van der Waals surface area contributed by atoms with Crippen LogP contribution in [0.1, 0.15) is 24.8 Å². The summed E-state index contributed by atoms with van der Waals surface area (Å²) in [5.41, 5.74) is 6.59. The molecule has 0 saturated carbocycles. The van der Waals surface area contributed by atoms with Crippen LogP contribution < -0.4 is 10.6 Å². The molecule has 0 radical (unpaired) electrons. The zero-order valence-corrected chi connectivity index (χ0v) is 10.1. The Morgan fingerprint density at radius 1 is 1.25 bits per heavy atom. The zero-order valence-electron chi connectivity index (χ0n) is 9.32. The van der Waals surface area contributed by atoms with E-state index in [-0.39, 0.29) is 0 Å². The van der Waals surface area contributed by atoms with Crippen molar-refractivity contribution in [2.24, 2.45) is 5.73 Å². The summed E-state index contributed by atoms with van der Waals surface area (Å²) >= 11 is 6.09. The van der Waals surface area contributed by atoms with E-state index in [1.807, 2.05) is 0 Å². The van der Waals surface area contributed by atoms with E-state index in [9.17, 15) is 0 Å². The van der Waals surface area contributed by atoms with Crippen molar-refractivity contribution in [3.05, 3.63) is 17.0 Å². The van der Waals surface area contributed by atoms with E-state index in [1.165, 1.54) is 25.6 Å². The summed E-state index contributed by atoms with van der Waals surface area (Å²) in [5.74, 6) is 0.977. The molecule has 16 heavy (non-hydrogen) atoms. The second-order valence-electron chi connectivity index (χ2n) is 4.05. The molecular formula is C11H17ClN4. The summed E-state index contributed by atoms with van der Waals surface area (Å²) < 4.78 is 0. The van der Waals surface area contributed by atoms with Gasteiger partial charge in [0.1, 0.15) is 17.3 Å². The first kappa shape index (κ1) is 11.6. The Morgan fingerprint density at radius 2 is 2.00 bits per heavy atom. The molecule has 0 atom stereocenters. The van der Waals surface area contributed by atoms with E-state index in [1.54, 1.807) is 0 Å². The maximum Gasteiger partial charge on any atom is 0.137 e. The highest BCUT2D eigenvalue weighted by molar-refractivity contribution is 6.30. The van der Waals surface area contributed by atoms with Crippen molar-refractivity contribution >= 4 is 17.4 Å². The molecule has 1 aromatic rings. The minimum atomic E-state index is 0.543. The lowest BCUT2D eigenvalue weighted by Crippen LogP contribution is -2.31. The highest BCUT2D eigenvalue weighted by atomic mass is 35.5. The third-order valence-corrected chi connectivity index (χ3v) is 3.25. The van der Waals surface area contributed by atoms with Crippen LogP contribution >= 0.6 is 11.6 Å². The fraction of sp³-hybridized carbons (Fsp3) is 0.636. The minimum Gasteiger partial charge on any atom is -0.356 e. The number of aromatic nitrogens is 2. The number of rotatable bonds is 3. The summed E-state index contributed by atoms with van der Waals surface area (Å²) in [6.07, 6.45) is 6.03. The number of anilines is 1. The van der Waals surface area contributed by atoms with Gasteiger partial charge in [-0.2, -0.15) is 0 Å². The number of nitrogens with zero attached hydrogens (tertiary/aromatic N) is 3. The average molecular weight is 241 g/mol. The van der Waals surface area contributed by atoms with Crippen LogP contribution in [0.25, 0.3) is 0 Å². The highest BCUT2D eigenvalue weighted by Gasteiger charge is 2.17. The summed E-state index contributed by atoms with van der Waals surface area (Å²) in [5, 5.41) is 0.543. The minimum absolute atomic E-state index is 0.543. The predicted molar refractivity (Wildman–Crippen MR) is 65.9 cm³/mol. The van der Waals surface area contributed by atoms with Crippen LogP contribution in [0.5, 0.6) is 0 Å². The molecule has 0 aromatic carbocycles. The van der Waals surface area contributed by atoms with Gasteiger partial charge in [0.25, 0.3) is 0 Å². The molecule has 0 bridgehead atoms. The standard InChI is InChI=1S/C11H17ClN4/c12-10-9(4-5-13)11(15-8-14-10)16-6-2-1-3-7-16/h8H,1-7,13H2. The van der Waals surface area contributed by atoms with E-state index in [0.717, 1.165) is 30.9 Å². The Labute approximate surface area is 101 Å². The van der Waals surface area contributed by atoms with Gasteiger partial charge in [-0.25, -0.2) is 9.97 Å². The predicted octanol–water partition coefficient (Wildman–Crippen LogP) is 1.62. The van der Waals surface area contributed by atoms with Crippen molar-refractivity contribution in [3.63, 3.8) is 0 Å². The maximum atomic E-state index is 6.09. The highest BCUT2D eigenvalue weighted by Crippen LogP contribution is 2.25. The maximum absolute atomic E-state index is 6.09. The quantitative estimate of drug-likeness (QED) is 0.816. The van der Waals surface area contributed by atoms with Crippen molar-refractivity contribution in [2.75, 3.05) is 24.5 Å². The smallest absolute Gasteiger partial charge is 0.137 e. The van der Waals surface area contributed by atoms with Crippen molar-refractivity contribution < 1.29 is 0 Å². The Kier molecular flexibility index (Phi) is 3.96. The van der Waals surface area contributed by atoms with E-state index in [4.69, 9.17) is 17.3 Å². The average Bonchev–Trinajstić information content (AvgIpc) is 2.33. The molecule has 2 heterocycles. The van der Waals surface area contributed by atoms with Gasteiger partial charge in [-0.1, -0.05) is 11.6 Å². The molecule has 1 aromatic heterocycles. The molecule has 1 saturated heterocycles. The number of halogens is 1. The van der Waals surface area contributed by atoms with Gasteiger partial charge in [0, 0.05) is 18.7 Å². The van der Waals surface area contributed by atoms with Gasteiger partial charge < -0.3 is 10.6 Å². The number of nitrogens with two attached hydrogens (primary N) is 1. The summed E-state index contributed by atoms with van der Waals surface area (Å²) in [4.78, 5) is 10.7. The molecule has 1 aliphatic rings. The molecule has 0 unspecified atom stereocenters. The zero-order chi connectivity index (χ0) is 11.4. The second kappa shape index (κ2) is 5.46. The third-order valence-electron chi connectivity index (χ3n) is 2.92. The van der Waals surface area contributed by atoms with Crippen molar-refractivity contribution in [1.29, 1.82) is 0 Å². The monoisotopic (exact) mass is 240 g/mol. The fourth-order valence-electron chi connectivity index (χ4n) is 2.12. The Hall–Kier alpha value is -0.870. The lowest BCUT2D eigenvalue weighted by molar-refractivity contribution is 0.571. The molecule has 88 valence electrons. The van der Waals surface area contributed by atoms with Crippen molar-refractivity contribution in [2.45, 2.75) is 25.7 Å². The number of hydrogen-bond donors (Lipinski definition) is 1. The first-order valence-electron chi connectivity index (χ1n) is 5.77. The van der Waals surface area contributed by atoms with Crippen molar-refractivity contribution in [3.8, 4) is 0 Å². The third kappa shape index (κ3) is 2.44. The second-order valence-corrected chi connectivity index (χ2v) is 4.41. The Bertz CT molecular complexity index is 350. The van der Waals surface area contributed by atoms with Gasteiger partial charge in [-0.3, -0.25) is 0 Å². The molecule has 5 heteroatoms. The Morgan fingerprint density at radius 3 is 2.69 bits per heavy atom. The van der Waals surface area contributed by atoms with E-state index in [0.29, 0.717) is 11.7 Å². The Balaban J connectivity index is 2.27. The molecule has 2 N–H and O–H groups in total. The fourth-order valence-corrected chi connectivity index (χ4v) is 2.34.